The maximum atomic E-state index is 12.6. The average Bonchev–Trinajstić information content (AvgIpc) is 3.24. The van der Waals surface area contributed by atoms with Crippen molar-refractivity contribution in [3.63, 3.8) is 0 Å². The topological polar surface area (TPSA) is 72.9 Å². The van der Waals surface area contributed by atoms with E-state index < -0.39 is 0 Å². The van der Waals surface area contributed by atoms with E-state index in [0.29, 0.717) is 18.0 Å². The van der Waals surface area contributed by atoms with E-state index in [1.165, 1.54) is 32.4 Å². The van der Waals surface area contributed by atoms with E-state index in [2.05, 4.69) is 37.3 Å². The summed E-state index contributed by atoms with van der Waals surface area (Å²) in [5.41, 5.74) is 1.49. The van der Waals surface area contributed by atoms with Crippen molar-refractivity contribution < 1.29 is 14.7 Å². The van der Waals surface area contributed by atoms with Crippen LogP contribution in [-0.4, -0.2) is 66.6 Å². The molecule has 6 nitrogen and oxygen atoms in total. The number of carbonyl (C=O) groups excluding carboxylic acids is 2. The smallest absolute Gasteiger partial charge is 0.251 e. The standard InChI is InChI=1S/C19H28N2O3.C6H13N.C2H4/c1-3-19(10-8-15(12-19)9-11-22)20-18(24)17-6-4-16(5-7-17)13-21(2)14-23;1-7-5-3-2-4-6-7;1-2/h4-7,14-15,22H,3,8-13H2,1-2H3,(H,20,24);2-6H2,1H3;1-2H2. The predicted molar refractivity (Wildman–Crippen MR) is 136 cm³/mol. The second kappa shape index (κ2) is 15.6. The Bertz CT molecular complexity index is 688. The fourth-order valence-corrected chi connectivity index (χ4v) is 4.64. The molecule has 0 radical (unpaired) electrons. The predicted octanol–water partition coefficient (Wildman–Crippen LogP) is 4.24. The average molecular weight is 460 g/mol. The van der Waals surface area contributed by atoms with Gasteiger partial charge in [-0.05, 0) is 88.7 Å². The minimum Gasteiger partial charge on any atom is -0.396 e. The van der Waals surface area contributed by atoms with E-state index in [-0.39, 0.29) is 18.1 Å². The highest BCUT2D eigenvalue weighted by Gasteiger charge is 2.38. The van der Waals surface area contributed by atoms with Crippen LogP contribution in [0.15, 0.2) is 37.4 Å². The Hall–Kier alpha value is -2.18. The lowest BCUT2D eigenvalue weighted by Gasteiger charge is -2.30. The van der Waals surface area contributed by atoms with Gasteiger partial charge in [0.05, 0.1) is 0 Å². The number of carbonyl (C=O) groups is 2. The summed E-state index contributed by atoms with van der Waals surface area (Å²) in [6.45, 7) is 11.5. The van der Waals surface area contributed by atoms with Crippen LogP contribution in [0.2, 0.25) is 0 Å². The molecule has 2 amide bonds. The first-order chi connectivity index (χ1) is 15.9. The molecule has 0 spiro atoms. The third kappa shape index (κ3) is 10.1. The number of nitrogens with zero attached hydrogens (tertiary/aromatic N) is 2. The minimum absolute atomic E-state index is 0.0446. The van der Waals surface area contributed by atoms with Crippen LogP contribution in [0.1, 0.15) is 74.2 Å². The van der Waals surface area contributed by atoms with Gasteiger partial charge in [0, 0.05) is 31.3 Å². The van der Waals surface area contributed by atoms with Crippen LogP contribution < -0.4 is 5.32 Å². The molecule has 0 aromatic heterocycles. The van der Waals surface area contributed by atoms with Crippen molar-refractivity contribution in [2.75, 3.05) is 33.8 Å². The van der Waals surface area contributed by atoms with Crippen molar-refractivity contribution in [1.29, 1.82) is 0 Å². The molecule has 33 heavy (non-hydrogen) atoms. The summed E-state index contributed by atoms with van der Waals surface area (Å²) in [5, 5.41) is 12.4. The number of likely N-dealkylation sites (tertiary alicyclic amines) is 1. The largest absolute Gasteiger partial charge is 0.396 e. The van der Waals surface area contributed by atoms with Crippen LogP contribution in [0.3, 0.4) is 0 Å². The highest BCUT2D eigenvalue weighted by Crippen LogP contribution is 2.38. The molecule has 1 aromatic rings. The summed E-state index contributed by atoms with van der Waals surface area (Å²) in [7, 11) is 3.92. The zero-order valence-electron chi connectivity index (χ0n) is 21.0. The minimum atomic E-state index is -0.146. The van der Waals surface area contributed by atoms with Gasteiger partial charge in [-0.25, -0.2) is 0 Å². The lowest BCUT2D eigenvalue weighted by molar-refractivity contribution is -0.117. The number of piperidine rings is 1. The zero-order chi connectivity index (χ0) is 24.7. The molecule has 2 fully saturated rings. The monoisotopic (exact) mass is 459 g/mol. The van der Waals surface area contributed by atoms with Crippen LogP contribution in [-0.2, 0) is 11.3 Å². The van der Waals surface area contributed by atoms with E-state index in [4.69, 9.17) is 5.11 Å². The quantitative estimate of drug-likeness (QED) is 0.450. The number of hydrogen-bond donors (Lipinski definition) is 2. The molecule has 1 saturated carbocycles. The number of benzene rings is 1. The highest BCUT2D eigenvalue weighted by molar-refractivity contribution is 5.94. The zero-order valence-corrected chi connectivity index (χ0v) is 21.0. The summed E-state index contributed by atoms with van der Waals surface area (Å²) in [4.78, 5) is 27.2. The van der Waals surface area contributed by atoms with Gasteiger partial charge < -0.3 is 20.2 Å². The Morgan fingerprint density at radius 2 is 1.88 bits per heavy atom. The SMILES string of the molecule is C=C.CCC1(NC(=O)c2ccc(CN(C)C=O)cc2)CCC(CCO)C1.CN1CCCCC1. The maximum absolute atomic E-state index is 12.6. The first kappa shape index (κ1) is 28.9. The van der Waals surface area contributed by atoms with E-state index >= 15 is 0 Å². The molecule has 1 aromatic carbocycles. The van der Waals surface area contributed by atoms with Crippen LogP contribution in [0.5, 0.6) is 0 Å². The summed E-state index contributed by atoms with van der Waals surface area (Å²) >= 11 is 0. The molecule has 0 bridgehead atoms. The molecule has 1 aliphatic carbocycles. The summed E-state index contributed by atoms with van der Waals surface area (Å²) in [5.74, 6) is 0.452. The van der Waals surface area contributed by atoms with Gasteiger partial charge in [-0.2, -0.15) is 0 Å². The van der Waals surface area contributed by atoms with Gasteiger partial charge in [-0.15, -0.1) is 13.2 Å². The van der Waals surface area contributed by atoms with Crippen LogP contribution in [0.25, 0.3) is 0 Å². The van der Waals surface area contributed by atoms with Crippen LogP contribution in [0, 0.1) is 5.92 Å². The fourth-order valence-electron chi connectivity index (χ4n) is 4.64. The molecule has 2 aliphatic rings. The molecule has 2 unspecified atom stereocenters. The van der Waals surface area contributed by atoms with E-state index in [1.54, 1.807) is 11.9 Å². The van der Waals surface area contributed by atoms with Crippen molar-refractivity contribution in [2.24, 2.45) is 5.92 Å². The van der Waals surface area contributed by atoms with Crippen molar-refractivity contribution in [2.45, 2.75) is 70.4 Å². The molecule has 1 saturated heterocycles. The number of nitrogens with one attached hydrogen (secondary N) is 1. The second-order valence-electron chi connectivity index (χ2n) is 9.29. The fraction of sp³-hybridized carbons (Fsp3) is 0.630. The Labute approximate surface area is 201 Å². The molecule has 2 atom stereocenters. The number of hydrogen-bond acceptors (Lipinski definition) is 4. The third-order valence-electron chi connectivity index (χ3n) is 6.71. The Morgan fingerprint density at radius 3 is 2.36 bits per heavy atom. The lowest BCUT2D eigenvalue weighted by atomic mass is 9.91. The van der Waals surface area contributed by atoms with E-state index in [9.17, 15) is 9.59 Å². The molecule has 1 aliphatic heterocycles. The number of rotatable bonds is 8. The number of aliphatic hydroxyl groups is 1. The van der Waals surface area contributed by atoms with Crippen LogP contribution in [0.4, 0.5) is 0 Å². The van der Waals surface area contributed by atoms with Gasteiger partial charge in [0.2, 0.25) is 6.41 Å². The molecule has 1 heterocycles. The number of aliphatic hydroxyl groups excluding tert-OH is 1. The van der Waals surface area contributed by atoms with Gasteiger partial charge in [-0.1, -0.05) is 25.5 Å². The third-order valence-corrected chi connectivity index (χ3v) is 6.71. The van der Waals surface area contributed by atoms with Gasteiger partial charge in [0.1, 0.15) is 0 Å². The van der Waals surface area contributed by atoms with Gasteiger partial charge in [0.15, 0.2) is 0 Å². The molecule has 2 N–H and O–H groups in total. The summed E-state index contributed by atoms with van der Waals surface area (Å²) in [6, 6.07) is 7.40. The van der Waals surface area contributed by atoms with Crippen LogP contribution >= 0.6 is 0 Å². The maximum Gasteiger partial charge on any atom is 0.251 e. The lowest BCUT2D eigenvalue weighted by Crippen LogP contribution is -2.46. The Balaban J connectivity index is 0.000000508. The first-order valence-electron chi connectivity index (χ1n) is 12.3. The van der Waals surface area contributed by atoms with Crippen molar-refractivity contribution >= 4 is 12.3 Å². The molecular formula is C27H45N3O3. The Morgan fingerprint density at radius 1 is 1.24 bits per heavy atom. The Kier molecular flexibility index (Phi) is 13.7. The molecule has 186 valence electrons. The molecule has 3 rings (SSSR count). The van der Waals surface area contributed by atoms with E-state index in [0.717, 1.165) is 44.1 Å². The molecule has 6 heteroatoms. The van der Waals surface area contributed by atoms with Gasteiger partial charge in [-0.3, -0.25) is 9.59 Å². The molecular weight excluding hydrogens is 414 g/mol. The normalized spacial score (nSPS) is 22.2. The number of amides is 2. The summed E-state index contributed by atoms with van der Waals surface area (Å²) in [6.07, 6.45) is 9.76. The summed E-state index contributed by atoms with van der Waals surface area (Å²) < 4.78 is 0. The highest BCUT2D eigenvalue weighted by atomic mass is 16.3. The van der Waals surface area contributed by atoms with Gasteiger partial charge >= 0.3 is 0 Å². The second-order valence-corrected chi connectivity index (χ2v) is 9.29. The van der Waals surface area contributed by atoms with Gasteiger partial charge in [0.25, 0.3) is 5.91 Å². The first-order valence-corrected chi connectivity index (χ1v) is 12.3. The van der Waals surface area contributed by atoms with E-state index in [1.807, 2.05) is 24.3 Å². The van der Waals surface area contributed by atoms with Crippen molar-refractivity contribution in [3.05, 3.63) is 48.6 Å². The van der Waals surface area contributed by atoms with Crippen molar-refractivity contribution in [3.8, 4) is 0 Å². The van der Waals surface area contributed by atoms with Crippen molar-refractivity contribution in [1.82, 2.24) is 15.1 Å².